The molecule has 0 aromatic heterocycles. The second-order valence-corrected chi connectivity index (χ2v) is 5.99. The van der Waals surface area contributed by atoms with E-state index in [-0.39, 0.29) is 11.7 Å². The Hall–Kier alpha value is -2.56. The Morgan fingerprint density at radius 1 is 1.08 bits per heavy atom. The van der Waals surface area contributed by atoms with Crippen molar-refractivity contribution in [1.82, 2.24) is 5.32 Å². The molecule has 0 bridgehead atoms. The van der Waals surface area contributed by atoms with Crippen LogP contribution in [0.1, 0.15) is 36.0 Å². The van der Waals surface area contributed by atoms with Crippen LogP contribution in [0.3, 0.4) is 0 Å². The highest BCUT2D eigenvalue weighted by Crippen LogP contribution is 2.40. The Kier molecular flexibility index (Phi) is 4.66. The minimum atomic E-state index is -4.44. The SMILES string of the molecule is CCNC1=C(c2cccc(C(F)(F)F)c2)C(=O)C(c2ccccc2)C1. The molecule has 0 saturated carbocycles. The van der Waals surface area contributed by atoms with Crippen LogP contribution >= 0.6 is 0 Å². The van der Waals surface area contributed by atoms with Gasteiger partial charge in [-0.15, -0.1) is 0 Å². The summed E-state index contributed by atoms with van der Waals surface area (Å²) in [6.45, 7) is 2.50. The van der Waals surface area contributed by atoms with E-state index in [1.165, 1.54) is 6.07 Å². The summed E-state index contributed by atoms with van der Waals surface area (Å²) in [4.78, 5) is 13.0. The van der Waals surface area contributed by atoms with Crippen molar-refractivity contribution in [3.63, 3.8) is 0 Å². The van der Waals surface area contributed by atoms with Gasteiger partial charge < -0.3 is 5.32 Å². The number of allylic oxidation sites excluding steroid dienone is 2. The number of alkyl halides is 3. The van der Waals surface area contributed by atoms with E-state index < -0.39 is 11.7 Å². The van der Waals surface area contributed by atoms with Crippen molar-refractivity contribution in [1.29, 1.82) is 0 Å². The zero-order valence-electron chi connectivity index (χ0n) is 13.7. The average molecular weight is 345 g/mol. The summed E-state index contributed by atoms with van der Waals surface area (Å²) in [5, 5.41) is 3.16. The van der Waals surface area contributed by atoms with Gasteiger partial charge in [0.15, 0.2) is 5.78 Å². The fourth-order valence-corrected chi connectivity index (χ4v) is 3.22. The molecule has 0 saturated heterocycles. The molecule has 0 amide bonds. The number of benzene rings is 2. The zero-order valence-corrected chi connectivity index (χ0v) is 13.7. The van der Waals surface area contributed by atoms with Gasteiger partial charge in [-0.2, -0.15) is 13.2 Å². The van der Waals surface area contributed by atoms with E-state index in [4.69, 9.17) is 0 Å². The van der Waals surface area contributed by atoms with Crippen molar-refractivity contribution in [2.75, 3.05) is 6.54 Å². The summed E-state index contributed by atoms with van der Waals surface area (Å²) in [6, 6.07) is 14.3. The molecule has 3 rings (SSSR count). The maximum atomic E-state index is 13.0. The Morgan fingerprint density at radius 3 is 2.44 bits per heavy atom. The molecule has 1 aliphatic rings. The number of hydrogen-bond acceptors (Lipinski definition) is 2. The van der Waals surface area contributed by atoms with Gasteiger partial charge in [-0.1, -0.05) is 42.5 Å². The van der Waals surface area contributed by atoms with Crippen molar-refractivity contribution < 1.29 is 18.0 Å². The smallest absolute Gasteiger partial charge is 0.388 e. The molecule has 25 heavy (non-hydrogen) atoms. The second-order valence-electron chi connectivity index (χ2n) is 5.99. The van der Waals surface area contributed by atoms with Crippen molar-refractivity contribution in [3.8, 4) is 0 Å². The molecule has 5 heteroatoms. The second kappa shape index (κ2) is 6.75. The molecule has 0 spiro atoms. The van der Waals surface area contributed by atoms with E-state index >= 15 is 0 Å². The lowest BCUT2D eigenvalue weighted by Crippen LogP contribution is -2.12. The highest BCUT2D eigenvalue weighted by atomic mass is 19.4. The molecule has 1 aliphatic carbocycles. The van der Waals surface area contributed by atoms with Crippen molar-refractivity contribution >= 4 is 11.4 Å². The first-order valence-electron chi connectivity index (χ1n) is 8.15. The van der Waals surface area contributed by atoms with Gasteiger partial charge in [0.1, 0.15) is 0 Å². The standard InChI is InChI=1S/C20H18F3NO/c1-2-24-17-12-16(13-7-4-3-5-8-13)19(25)18(17)14-9-6-10-15(11-14)20(21,22)23/h3-11,16,24H,2,12H2,1H3. The van der Waals surface area contributed by atoms with Crippen LogP contribution in [0.2, 0.25) is 0 Å². The van der Waals surface area contributed by atoms with Crippen LogP contribution in [0, 0.1) is 0 Å². The number of carbonyl (C=O) groups excluding carboxylic acids is 1. The predicted molar refractivity (Wildman–Crippen MR) is 90.8 cm³/mol. The van der Waals surface area contributed by atoms with Gasteiger partial charge in [0, 0.05) is 24.2 Å². The first-order valence-corrected chi connectivity index (χ1v) is 8.15. The summed E-state index contributed by atoms with van der Waals surface area (Å²) in [6.07, 6.45) is -3.96. The maximum absolute atomic E-state index is 13.0. The highest BCUT2D eigenvalue weighted by molar-refractivity contribution is 6.26. The summed E-state index contributed by atoms with van der Waals surface area (Å²) < 4.78 is 39.1. The molecule has 2 aromatic rings. The first-order chi connectivity index (χ1) is 11.9. The predicted octanol–water partition coefficient (Wildman–Crippen LogP) is 4.78. The molecule has 0 fully saturated rings. The largest absolute Gasteiger partial charge is 0.416 e. The molecule has 130 valence electrons. The minimum Gasteiger partial charge on any atom is -0.388 e. The number of ketones is 1. The van der Waals surface area contributed by atoms with E-state index in [0.717, 1.165) is 17.7 Å². The Balaban J connectivity index is 2.03. The number of carbonyl (C=O) groups is 1. The molecule has 1 unspecified atom stereocenters. The van der Waals surface area contributed by atoms with Crippen LogP contribution in [-0.2, 0) is 11.0 Å². The van der Waals surface area contributed by atoms with Gasteiger partial charge >= 0.3 is 6.18 Å². The lowest BCUT2D eigenvalue weighted by atomic mass is 9.92. The van der Waals surface area contributed by atoms with Crippen LogP contribution in [-0.4, -0.2) is 12.3 Å². The lowest BCUT2D eigenvalue weighted by molar-refractivity contribution is -0.137. The summed E-state index contributed by atoms with van der Waals surface area (Å²) >= 11 is 0. The topological polar surface area (TPSA) is 29.1 Å². The average Bonchev–Trinajstić information content (AvgIpc) is 2.92. The van der Waals surface area contributed by atoms with E-state index in [1.54, 1.807) is 6.07 Å². The van der Waals surface area contributed by atoms with Crippen LogP contribution < -0.4 is 5.32 Å². The van der Waals surface area contributed by atoms with Gasteiger partial charge in [-0.05, 0) is 30.2 Å². The van der Waals surface area contributed by atoms with Crippen molar-refractivity contribution in [2.45, 2.75) is 25.4 Å². The van der Waals surface area contributed by atoms with Crippen molar-refractivity contribution in [3.05, 3.63) is 77.0 Å². The highest BCUT2D eigenvalue weighted by Gasteiger charge is 2.36. The van der Waals surface area contributed by atoms with Gasteiger partial charge in [0.2, 0.25) is 0 Å². The normalized spacial score (nSPS) is 17.9. The number of Topliss-reactive ketones (excluding diaryl/α,β-unsaturated/α-hetero) is 1. The third-order valence-electron chi connectivity index (χ3n) is 4.34. The van der Waals surface area contributed by atoms with E-state index in [2.05, 4.69) is 5.32 Å². The fourth-order valence-electron chi connectivity index (χ4n) is 3.22. The third kappa shape index (κ3) is 3.45. The summed E-state index contributed by atoms with van der Waals surface area (Å²) in [5.41, 5.74) is 1.52. The van der Waals surface area contributed by atoms with Gasteiger partial charge in [0.25, 0.3) is 0 Å². The molecular weight excluding hydrogens is 327 g/mol. The monoisotopic (exact) mass is 345 g/mol. The number of nitrogens with one attached hydrogen (secondary N) is 1. The minimum absolute atomic E-state index is 0.138. The van der Waals surface area contributed by atoms with Crippen LogP contribution in [0.25, 0.3) is 5.57 Å². The molecule has 0 heterocycles. The zero-order chi connectivity index (χ0) is 18.0. The van der Waals surface area contributed by atoms with Crippen LogP contribution in [0.4, 0.5) is 13.2 Å². The lowest BCUT2D eigenvalue weighted by Gasteiger charge is -2.11. The molecular formula is C20H18F3NO. The van der Waals surface area contributed by atoms with Crippen LogP contribution in [0.15, 0.2) is 60.3 Å². The first kappa shape index (κ1) is 17.3. The Morgan fingerprint density at radius 2 is 1.80 bits per heavy atom. The van der Waals surface area contributed by atoms with Gasteiger partial charge in [-0.25, -0.2) is 0 Å². The Bertz CT molecular complexity index is 809. The quantitative estimate of drug-likeness (QED) is 0.864. The van der Waals surface area contributed by atoms with E-state index in [1.807, 2.05) is 37.3 Å². The van der Waals surface area contributed by atoms with E-state index in [0.29, 0.717) is 29.8 Å². The van der Waals surface area contributed by atoms with Crippen LogP contribution in [0.5, 0.6) is 0 Å². The van der Waals surface area contributed by atoms with Gasteiger partial charge in [0.05, 0.1) is 11.5 Å². The Labute approximate surface area is 144 Å². The molecule has 1 N–H and O–H groups in total. The van der Waals surface area contributed by atoms with E-state index in [9.17, 15) is 18.0 Å². The number of rotatable bonds is 4. The number of hydrogen-bond donors (Lipinski definition) is 1. The molecule has 1 atom stereocenters. The third-order valence-corrected chi connectivity index (χ3v) is 4.34. The fraction of sp³-hybridized carbons (Fsp3) is 0.250. The molecule has 0 radical (unpaired) electrons. The van der Waals surface area contributed by atoms with Crippen molar-refractivity contribution in [2.24, 2.45) is 0 Å². The molecule has 2 nitrogen and oxygen atoms in total. The summed E-state index contributed by atoms with van der Waals surface area (Å²) in [5.74, 6) is -0.499. The number of halogens is 3. The van der Waals surface area contributed by atoms with Gasteiger partial charge in [-0.3, -0.25) is 4.79 Å². The molecule has 2 aromatic carbocycles. The maximum Gasteiger partial charge on any atom is 0.416 e. The summed E-state index contributed by atoms with van der Waals surface area (Å²) in [7, 11) is 0. The molecule has 0 aliphatic heterocycles.